The molecule has 0 atom stereocenters. The van der Waals surface area contributed by atoms with Crippen molar-refractivity contribution in [1.29, 1.82) is 0 Å². The number of imidazole rings is 1. The minimum Gasteiger partial charge on any atom is -0.371 e. The van der Waals surface area contributed by atoms with E-state index >= 15 is 0 Å². The maximum Gasteiger partial charge on any atom is 0.208 e. The summed E-state index contributed by atoms with van der Waals surface area (Å²) in [6, 6.07) is 15.2. The molecule has 266 valence electrons. The maximum atomic E-state index is 13.8. The van der Waals surface area contributed by atoms with Crippen molar-refractivity contribution in [2.75, 3.05) is 54.4 Å². The summed E-state index contributed by atoms with van der Waals surface area (Å²) in [7, 11) is 2.02. The van der Waals surface area contributed by atoms with Crippen LogP contribution in [-0.4, -0.2) is 74.5 Å². The number of rotatable bonds is 3. The second-order valence-electron chi connectivity index (χ2n) is 14.4. The van der Waals surface area contributed by atoms with E-state index in [9.17, 15) is 8.78 Å². The van der Waals surface area contributed by atoms with Gasteiger partial charge < -0.3 is 19.7 Å². The van der Waals surface area contributed by atoms with Gasteiger partial charge in [-0.25, -0.2) is 13.8 Å². The molecule has 2 aromatic carbocycles. The minimum absolute atomic E-state index is 0.515. The molecule has 5 aromatic rings. The Bertz CT molecular complexity index is 2030. The summed E-state index contributed by atoms with van der Waals surface area (Å²) in [6.07, 6.45) is 9.55. The lowest BCUT2D eigenvalue weighted by atomic mass is 10.0. The predicted octanol–water partition coefficient (Wildman–Crippen LogP) is 7.41. The highest BCUT2D eigenvalue weighted by Gasteiger charge is 2.28. The third-order valence-electron chi connectivity index (χ3n) is 11.1. The van der Waals surface area contributed by atoms with Gasteiger partial charge in [-0.3, -0.25) is 14.6 Å². The molecule has 9 nitrogen and oxygen atoms in total. The van der Waals surface area contributed by atoms with Gasteiger partial charge in [-0.05, 0) is 81.5 Å². The fourth-order valence-corrected chi connectivity index (χ4v) is 8.26. The first kappa shape index (κ1) is 33.4. The number of nitrogens with one attached hydrogen (secondary N) is 1. The van der Waals surface area contributed by atoms with Crippen molar-refractivity contribution < 1.29 is 8.78 Å². The Morgan fingerprint density at radius 3 is 2.31 bits per heavy atom. The number of aryl methyl sites for hydroxylation is 3. The maximum absolute atomic E-state index is 13.8. The molecule has 0 unspecified atom stereocenters. The normalized spacial score (nSPS) is 18.2. The number of hydrogen-bond donors (Lipinski definition) is 1. The second-order valence-corrected chi connectivity index (χ2v) is 14.4. The Morgan fingerprint density at radius 1 is 0.784 bits per heavy atom. The summed E-state index contributed by atoms with van der Waals surface area (Å²) < 4.78 is 32.0. The van der Waals surface area contributed by atoms with E-state index in [4.69, 9.17) is 9.97 Å². The van der Waals surface area contributed by atoms with Gasteiger partial charge in [-0.1, -0.05) is 19.4 Å². The molecular weight excluding hydrogens is 644 g/mol. The molecule has 0 amide bonds. The van der Waals surface area contributed by atoms with Gasteiger partial charge in [0.05, 0.1) is 22.9 Å². The van der Waals surface area contributed by atoms with Crippen molar-refractivity contribution in [3.63, 3.8) is 0 Å². The van der Waals surface area contributed by atoms with E-state index in [1.165, 1.54) is 23.5 Å². The van der Waals surface area contributed by atoms with Crippen LogP contribution >= 0.6 is 0 Å². The summed E-state index contributed by atoms with van der Waals surface area (Å²) in [6.45, 7) is 12.7. The van der Waals surface area contributed by atoms with Crippen LogP contribution in [0.2, 0.25) is 0 Å². The fourth-order valence-electron chi connectivity index (χ4n) is 8.26. The highest BCUT2D eigenvalue weighted by molar-refractivity contribution is 5.85. The van der Waals surface area contributed by atoms with E-state index in [1.54, 1.807) is 0 Å². The average Bonchev–Trinajstić information content (AvgIpc) is 3.67. The number of piperidine rings is 1. The fraction of sp³-hybridized carbons (Fsp3) is 0.425. The van der Waals surface area contributed by atoms with Crippen molar-refractivity contribution >= 4 is 34.1 Å². The zero-order chi connectivity index (χ0) is 35.1. The second kappa shape index (κ2) is 14.1. The van der Waals surface area contributed by atoms with Crippen molar-refractivity contribution in [3.8, 4) is 11.3 Å². The third kappa shape index (κ3) is 6.96. The molecule has 51 heavy (non-hydrogen) atoms. The van der Waals surface area contributed by atoms with Crippen LogP contribution in [0.15, 0.2) is 61.3 Å². The van der Waals surface area contributed by atoms with Gasteiger partial charge >= 0.3 is 0 Å². The van der Waals surface area contributed by atoms with Gasteiger partial charge in [0.25, 0.3) is 0 Å². The van der Waals surface area contributed by atoms with Crippen LogP contribution in [0.4, 0.5) is 26.1 Å². The van der Waals surface area contributed by atoms with Gasteiger partial charge in [0.2, 0.25) is 5.95 Å². The van der Waals surface area contributed by atoms with Crippen molar-refractivity contribution in [2.24, 2.45) is 7.05 Å². The molecule has 0 radical (unpaired) electrons. The largest absolute Gasteiger partial charge is 0.371 e. The molecule has 3 aromatic heterocycles. The van der Waals surface area contributed by atoms with Gasteiger partial charge in [-0.2, -0.15) is 5.10 Å². The summed E-state index contributed by atoms with van der Waals surface area (Å²) in [5, 5.41) is 8.17. The van der Waals surface area contributed by atoms with Crippen LogP contribution < -0.4 is 15.1 Å². The molecule has 0 spiro atoms. The summed E-state index contributed by atoms with van der Waals surface area (Å²) in [4.78, 5) is 17.1. The zero-order valence-corrected chi connectivity index (χ0v) is 29.7. The van der Waals surface area contributed by atoms with Crippen molar-refractivity contribution in [1.82, 2.24) is 29.2 Å². The highest BCUT2D eigenvalue weighted by atomic mass is 19.1. The first-order valence-electron chi connectivity index (χ1n) is 18.5. The van der Waals surface area contributed by atoms with Gasteiger partial charge in [0.15, 0.2) is 0 Å². The van der Waals surface area contributed by atoms with E-state index in [0.29, 0.717) is 11.7 Å². The Balaban J connectivity index is 0.978. The molecular formula is C40H47F2N9. The van der Waals surface area contributed by atoms with Crippen LogP contribution in [0.5, 0.6) is 0 Å². The average molecular weight is 692 g/mol. The number of halogens is 2. The van der Waals surface area contributed by atoms with Crippen LogP contribution in [-0.2, 0) is 20.0 Å². The number of piperazine rings is 1. The Morgan fingerprint density at radius 2 is 1.53 bits per heavy atom. The lowest BCUT2D eigenvalue weighted by Gasteiger charge is -2.43. The molecule has 1 N–H and O–H groups in total. The molecule has 6 heterocycles. The Labute approximate surface area is 298 Å². The predicted molar refractivity (Wildman–Crippen MR) is 201 cm³/mol. The summed E-state index contributed by atoms with van der Waals surface area (Å²) in [5.74, 6) is -0.222. The SMILES string of the molecule is C=C1Nc2nc3ccc(N4CCC(N5CCN(c6cc(F)cc(F)c6)CC5)CC4)cc3n2CCCCCCc2c(cnn2C)-c2cc1cc(C)n2. The zero-order valence-electron chi connectivity index (χ0n) is 29.7. The number of anilines is 3. The molecule has 2 fully saturated rings. The molecule has 8 rings (SSSR count). The standard InChI is InChI=1S/C40H47F2N9/c1-27-20-29-21-37(44-27)35-26-43-47(3)38(35)8-6-4-5-7-13-51-39-25-33(9-10-36(39)46-40(51)45-28(29)2)48-14-11-32(12-15-48)49-16-18-50(19-17-49)34-23-30(41)22-31(42)24-34/h9-10,20-26,32H,2,4-8,11-19H2,1,3H3,(H,45,46). The Kier molecular flexibility index (Phi) is 9.23. The summed E-state index contributed by atoms with van der Waals surface area (Å²) >= 11 is 0. The number of nitrogens with zero attached hydrogens (tertiary/aromatic N) is 8. The highest BCUT2D eigenvalue weighted by Crippen LogP contribution is 2.32. The minimum atomic E-state index is -0.520. The van der Waals surface area contributed by atoms with Crippen LogP contribution in [0.3, 0.4) is 0 Å². The van der Waals surface area contributed by atoms with E-state index < -0.39 is 11.6 Å². The number of pyridine rings is 1. The van der Waals surface area contributed by atoms with Crippen LogP contribution in [0.1, 0.15) is 55.5 Å². The number of aromatic nitrogens is 5. The van der Waals surface area contributed by atoms with Crippen molar-refractivity contribution in [2.45, 2.75) is 64.5 Å². The topological polar surface area (TPSA) is 70.3 Å². The molecule has 3 aliphatic heterocycles. The number of fused-ring (bicyclic) bond motifs is 7. The summed E-state index contributed by atoms with van der Waals surface area (Å²) in [5.41, 5.74) is 9.96. The first-order chi connectivity index (χ1) is 24.8. The van der Waals surface area contributed by atoms with E-state index in [-0.39, 0.29) is 0 Å². The van der Waals surface area contributed by atoms with E-state index in [1.807, 2.05) is 24.9 Å². The lowest BCUT2D eigenvalue weighted by molar-refractivity contribution is 0.160. The number of hydrogen-bond acceptors (Lipinski definition) is 7. The van der Waals surface area contributed by atoms with Gasteiger partial charge in [0.1, 0.15) is 11.6 Å². The molecule has 0 saturated carbocycles. The number of benzene rings is 2. The van der Waals surface area contributed by atoms with Crippen molar-refractivity contribution in [3.05, 3.63) is 89.9 Å². The molecule has 0 aliphatic carbocycles. The molecule has 3 aliphatic rings. The molecule has 11 heteroatoms. The Hall–Kier alpha value is -4.77. The van der Waals surface area contributed by atoms with E-state index in [0.717, 1.165) is 142 Å². The van der Waals surface area contributed by atoms with Crippen LogP contribution in [0.25, 0.3) is 28.0 Å². The third-order valence-corrected chi connectivity index (χ3v) is 11.1. The van der Waals surface area contributed by atoms with Gasteiger partial charge in [0, 0.05) is 105 Å². The monoisotopic (exact) mass is 691 g/mol. The molecule has 2 bridgehead atoms. The smallest absolute Gasteiger partial charge is 0.208 e. The molecule has 2 saturated heterocycles. The van der Waals surface area contributed by atoms with E-state index in [2.05, 4.69) is 66.6 Å². The lowest BCUT2D eigenvalue weighted by Crippen LogP contribution is -2.53. The van der Waals surface area contributed by atoms with Gasteiger partial charge in [-0.15, -0.1) is 0 Å². The van der Waals surface area contributed by atoms with Crippen LogP contribution in [0, 0.1) is 18.6 Å². The first-order valence-corrected chi connectivity index (χ1v) is 18.5. The quantitative estimate of drug-likeness (QED) is 0.211.